The van der Waals surface area contributed by atoms with Crippen LogP contribution in [0.2, 0.25) is 0 Å². The maximum Gasteiger partial charge on any atom is 0.123 e. The summed E-state index contributed by atoms with van der Waals surface area (Å²) in [5, 5.41) is 3.37. The molecule has 0 aliphatic carbocycles. The highest BCUT2D eigenvalue weighted by atomic mass is 19.1. The molecular formula is C14H21FN2O. The van der Waals surface area contributed by atoms with E-state index in [2.05, 4.69) is 17.3 Å². The third-order valence-electron chi connectivity index (χ3n) is 3.19. The number of morpholine rings is 1. The third kappa shape index (κ3) is 4.37. The molecule has 0 spiro atoms. The van der Waals surface area contributed by atoms with Crippen molar-refractivity contribution in [2.75, 3.05) is 39.8 Å². The molecule has 0 amide bonds. The molecular weight excluding hydrogens is 231 g/mol. The first-order valence-electron chi connectivity index (χ1n) is 6.49. The average Bonchev–Trinajstić information content (AvgIpc) is 2.35. The second-order valence-corrected chi connectivity index (χ2v) is 4.84. The Bertz CT molecular complexity index is 373. The van der Waals surface area contributed by atoms with Gasteiger partial charge in [0.1, 0.15) is 5.82 Å². The zero-order valence-electron chi connectivity index (χ0n) is 10.9. The summed E-state index contributed by atoms with van der Waals surface area (Å²) in [5.41, 5.74) is 1.03. The largest absolute Gasteiger partial charge is 0.374 e. The highest BCUT2D eigenvalue weighted by molar-refractivity contribution is 5.16. The molecule has 0 saturated carbocycles. The molecule has 1 heterocycles. The van der Waals surface area contributed by atoms with Crippen molar-refractivity contribution < 1.29 is 9.13 Å². The first-order valence-corrected chi connectivity index (χ1v) is 6.49. The molecule has 1 aliphatic heterocycles. The van der Waals surface area contributed by atoms with Crippen LogP contribution in [0.4, 0.5) is 4.39 Å². The molecule has 0 bridgehead atoms. The number of halogens is 1. The summed E-state index contributed by atoms with van der Waals surface area (Å²) < 4.78 is 18.6. The van der Waals surface area contributed by atoms with E-state index in [0.717, 1.165) is 44.8 Å². The fourth-order valence-corrected chi connectivity index (χ4v) is 2.18. The number of nitrogens with one attached hydrogen (secondary N) is 1. The van der Waals surface area contributed by atoms with E-state index in [1.54, 1.807) is 12.1 Å². The van der Waals surface area contributed by atoms with Gasteiger partial charge < -0.3 is 15.0 Å². The van der Waals surface area contributed by atoms with Gasteiger partial charge in [-0.05, 0) is 37.7 Å². The van der Waals surface area contributed by atoms with Gasteiger partial charge in [-0.15, -0.1) is 0 Å². The van der Waals surface area contributed by atoms with E-state index in [-0.39, 0.29) is 11.9 Å². The van der Waals surface area contributed by atoms with E-state index >= 15 is 0 Å². The number of hydrogen-bond acceptors (Lipinski definition) is 3. The number of hydrogen-bond donors (Lipinski definition) is 1. The lowest BCUT2D eigenvalue weighted by molar-refractivity contribution is -0.0179. The predicted molar refractivity (Wildman–Crippen MR) is 70.2 cm³/mol. The third-order valence-corrected chi connectivity index (χ3v) is 3.19. The minimum absolute atomic E-state index is 0.162. The van der Waals surface area contributed by atoms with Gasteiger partial charge in [-0.1, -0.05) is 12.1 Å². The second kappa shape index (κ2) is 6.83. The molecule has 1 unspecified atom stereocenters. The maximum atomic E-state index is 13.0. The number of nitrogens with zero attached hydrogens (tertiary/aromatic N) is 1. The topological polar surface area (TPSA) is 24.5 Å². The molecule has 1 fully saturated rings. The van der Waals surface area contributed by atoms with Gasteiger partial charge >= 0.3 is 0 Å². The molecule has 4 heteroatoms. The Morgan fingerprint density at radius 1 is 1.50 bits per heavy atom. The van der Waals surface area contributed by atoms with Crippen LogP contribution in [0.1, 0.15) is 5.56 Å². The lowest BCUT2D eigenvalue weighted by atomic mass is 10.1. The van der Waals surface area contributed by atoms with Gasteiger partial charge in [0.05, 0.1) is 12.7 Å². The van der Waals surface area contributed by atoms with Crippen LogP contribution >= 0.6 is 0 Å². The lowest BCUT2D eigenvalue weighted by Crippen LogP contribution is -2.45. The molecule has 100 valence electrons. The molecule has 2 rings (SSSR count). The van der Waals surface area contributed by atoms with Crippen molar-refractivity contribution in [3.63, 3.8) is 0 Å². The summed E-state index contributed by atoms with van der Waals surface area (Å²) in [4.78, 5) is 2.28. The Kier molecular flexibility index (Phi) is 5.11. The zero-order valence-corrected chi connectivity index (χ0v) is 10.9. The van der Waals surface area contributed by atoms with Gasteiger partial charge in [0.2, 0.25) is 0 Å². The summed E-state index contributed by atoms with van der Waals surface area (Å²) in [6, 6.07) is 6.77. The summed E-state index contributed by atoms with van der Waals surface area (Å²) in [6.07, 6.45) is 1.12. The van der Waals surface area contributed by atoms with Gasteiger partial charge in [-0.3, -0.25) is 0 Å². The van der Waals surface area contributed by atoms with E-state index < -0.39 is 0 Å². The molecule has 0 radical (unpaired) electrons. The van der Waals surface area contributed by atoms with Gasteiger partial charge in [0, 0.05) is 19.6 Å². The lowest BCUT2D eigenvalue weighted by Gasteiger charge is -2.30. The van der Waals surface area contributed by atoms with Crippen molar-refractivity contribution >= 4 is 0 Å². The fraction of sp³-hybridized carbons (Fsp3) is 0.571. The van der Waals surface area contributed by atoms with Crippen LogP contribution in [0.25, 0.3) is 0 Å². The number of benzene rings is 1. The SMILES string of the molecule is CN1CCOC(CNCCc2cccc(F)c2)C1. The average molecular weight is 252 g/mol. The minimum Gasteiger partial charge on any atom is -0.374 e. The molecule has 3 nitrogen and oxygen atoms in total. The monoisotopic (exact) mass is 252 g/mol. The molecule has 0 aromatic heterocycles. The Morgan fingerprint density at radius 2 is 2.39 bits per heavy atom. The summed E-state index contributed by atoms with van der Waals surface area (Å²) in [6.45, 7) is 4.52. The van der Waals surface area contributed by atoms with E-state index in [1.165, 1.54) is 6.07 Å². The number of likely N-dealkylation sites (N-methyl/N-ethyl adjacent to an activating group) is 1. The van der Waals surface area contributed by atoms with Crippen molar-refractivity contribution in [1.82, 2.24) is 10.2 Å². The maximum absolute atomic E-state index is 13.0. The van der Waals surface area contributed by atoms with Gasteiger partial charge in [-0.2, -0.15) is 0 Å². The first kappa shape index (κ1) is 13.5. The molecule has 1 saturated heterocycles. The molecule has 18 heavy (non-hydrogen) atoms. The van der Waals surface area contributed by atoms with Crippen molar-refractivity contribution in [1.29, 1.82) is 0 Å². The van der Waals surface area contributed by atoms with E-state index in [1.807, 2.05) is 6.07 Å². The molecule has 1 atom stereocenters. The van der Waals surface area contributed by atoms with Gasteiger partial charge in [-0.25, -0.2) is 4.39 Å². The minimum atomic E-state index is -0.162. The van der Waals surface area contributed by atoms with Crippen LogP contribution in [-0.2, 0) is 11.2 Å². The fourth-order valence-electron chi connectivity index (χ4n) is 2.18. The highest BCUT2D eigenvalue weighted by Gasteiger charge is 2.16. The van der Waals surface area contributed by atoms with E-state index in [9.17, 15) is 4.39 Å². The van der Waals surface area contributed by atoms with Gasteiger partial charge in [0.15, 0.2) is 0 Å². The number of rotatable bonds is 5. The van der Waals surface area contributed by atoms with Crippen LogP contribution in [-0.4, -0.2) is 50.8 Å². The van der Waals surface area contributed by atoms with Crippen LogP contribution in [0.3, 0.4) is 0 Å². The van der Waals surface area contributed by atoms with Gasteiger partial charge in [0.25, 0.3) is 0 Å². The van der Waals surface area contributed by atoms with Crippen LogP contribution in [0.5, 0.6) is 0 Å². The molecule has 1 aromatic carbocycles. The van der Waals surface area contributed by atoms with Crippen molar-refractivity contribution in [2.24, 2.45) is 0 Å². The Balaban J connectivity index is 1.64. The summed E-state index contributed by atoms with van der Waals surface area (Å²) >= 11 is 0. The normalized spacial score (nSPS) is 21.1. The van der Waals surface area contributed by atoms with E-state index in [0.29, 0.717) is 0 Å². The molecule has 1 aromatic rings. The smallest absolute Gasteiger partial charge is 0.123 e. The summed E-state index contributed by atoms with van der Waals surface area (Å²) in [7, 11) is 2.11. The zero-order chi connectivity index (χ0) is 12.8. The van der Waals surface area contributed by atoms with Crippen LogP contribution < -0.4 is 5.32 Å². The molecule has 1 aliphatic rings. The van der Waals surface area contributed by atoms with Crippen molar-refractivity contribution in [3.8, 4) is 0 Å². The van der Waals surface area contributed by atoms with Crippen molar-refractivity contribution in [2.45, 2.75) is 12.5 Å². The Morgan fingerprint density at radius 3 is 3.17 bits per heavy atom. The first-order chi connectivity index (χ1) is 8.74. The predicted octanol–water partition coefficient (Wildman–Crippen LogP) is 1.29. The molecule has 1 N–H and O–H groups in total. The summed E-state index contributed by atoms with van der Waals surface area (Å²) in [5.74, 6) is -0.162. The standard InChI is InChI=1S/C14H21FN2O/c1-17-7-8-18-14(11-17)10-16-6-5-12-3-2-4-13(15)9-12/h2-4,9,14,16H,5-8,10-11H2,1H3. The van der Waals surface area contributed by atoms with Crippen molar-refractivity contribution in [3.05, 3.63) is 35.6 Å². The Hall–Kier alpha value is -0.970. The van der Waals surface area contributed by atoms with E-state index in [4.69, 9.17) is 4.74 Å². The highest BCUT2D eigenvalue weighted by Crippen LogP contribution is 2.04. The quantitative estimate of drug-likeness (QED) is 0.799. The second-order valence-electron chi connectivity index (χ2n) is 4.84. The number of ether oxygens (including phenoxy) is 1. The Labute approximate surface area is 108 Å². The van der Waals surface area contributed by atoms with Crippen LogP contribution in [0, 0.1) is 5.82 Å². The van der Waals surface area contributed by atoms with Crippen LogP contribution in [0.15, 0.2) is 24.3 Å².